The van der Waals surface area contributed by atoms with Crippen molar-refractivity contribution in [1.82, 2.24) is 0 Å². The first-order valence-corrected chi connectivity index (χ1v) is 46.3. The van der Waals surface area contributed by atoms with Gasteiger partial charge in [-0.05, 0) is 279 Å². The maximum atomic E-state index is 14.3. The zero-order chi connectivity index (χ0) is 98.9. The van der Waals surface area contributed by atoms with Crippen molar-refractivity contribution in [1.29, 1.82) is 0 Å². The van der Waals surface area contributed by atoms with Gasteiger partial charge in [0, 0.05) is 132 Å². The molecular formula is C114H100Cl2F6O17. The first kappa shape index (κ1) is 94.3. The van der Waals surface area contributed by atoms with Crippen LogP contribution in [-0.2, 0) is 53.4 Å². The van der Waals surface area contributed by atoms with Crippen LogP contribution in [0.25, 0.3) is 77.9 Å². The minimum absolute atomic E-state index is 0.0948. The van der Waals surface area contributed by atoms with Gasteiger partial charge in [-0.25, -0.2) is 26.3 Å². The highest BCUT2D eigenvalue weighted by Crippen LogP contribution is 2.61. The van der Waals surface area contributed by atoms with Crippen molar-refractivity contribution in [2.45, 2.75) is 156 Å². The molecule has 14 aromatic rings. The smallest absolute Gasteiger partial charge is 0.181 e. The van der Waals surface area contributed by atoms with E-state index in [2.05, 4.69) is 44.2 Å². The van der Waals surface area contributed by atoms with Gasteiger partial charge in [0.15, 0.2) is 16.8 Å². The Balaban J connectivity index is 0.000000103. The Morgan fingerprint density at radius 3 is 0.856 bits per heavy atom. The van der Waals surface area contributed by atoms with Crippen LogP contribution in [0, 0.1) is 97.2 Å². The Morgan fingerprint density at radius 2 is 0.482 bits per heavy atom. The Hall–Kier alpha value is -13.7. The van der Waals surface area contributed by atoms with Crippen molar-refractivity contribution >= 4 is 23.2 Å². The monoisotopic (exact) mass is 1920 g/mol. The number of ether oxygens (including phenoxy) is 10. The highest BCUT2D eigenvalue weighted by molar-refractivity contribution is 6.32. The van der Waals surface area contributed by atoms with E-state index in [0.29, 0.717) is 112 Å². The van der Waals surface area contributed by atoms with E-state index in [-0.39, 0.29) is 74.4 Å². The molecule has 0 aromatic heterocycles. The molecule has 25 heteroatoms. The second kappa shape index (κ2) is 34.4. The number of halogens is 8. The summed E-state index contributed by atoms with van der Waals surface area (Å²) in [4.78, 5) is 0. The molecule has 25 rings (SSSR count). The Kier molecular flexibility index (Phi) is 23.4. The summed E-state index contributed by atoms with van der Waals surface area (Å²) >= 11 is 12.5. The Bertz CT molecular complexity index is 6880. The maximum Gasteiger partial charge on any atom is 0.181 e. The molecule has 0 amide bonds. The molecule has 3 saturated heterocycles. The van der Waals surface area contributed by atoms with E-state index >= 15 is 0 Å². The van der Waals surface area contributed by atoms with E-state index in [9.17, 15) is 62.1 Å². The number of phenols is 7. The molecule has 1 saturated carbocycles. The molecule has 10 aliphatic heterocycles. The van der Waals surface area contributed by atoms with Crippen LogP contribution in [0.15, 0.2) is 194 Å². The van der Waals surface area contributed by atoms with Gasteiger partial charge in [0.1, 0.15) is 138 Å². The average Bonchev–Trinajstić information content (AvgIpc) is 1.07. The molecule has 7 N–H and O–H groups in total. The molecule has 4 spiro atoms. The third-order valence-electron chi connectivity index (χ3n) is 27.6. The summed E-state index contributed by atoms with van der Waals surface area (Å²) in [5.74, 6) is 0.708. The summed E-state index contributed by atoms with van der Waals surface area (Å²) < 4.78 is 142. The van der Waals surface area contributed by atoms with Crippen LogP contribution in [-0.4, -0.2) is 75.4 Å². The lowest BCUT2D eigenvalue weighted by atomic mass is 9.81. The molecule has 10 heterocycles. The van der Waals surface area contributed by atoms with Crippen molar-refractivity contribution in [3.05, 3.63) is 328 Å². The highest BCUT2D eigenvalue weighted by atomic mass is 35.5. The first-order valence-electron chi connectivity index (χ1n) is 45.5. The predicted molar refractivity (Wildman–Crippen MR) is 519 cm³/mol. The van der Waals surface area contributed by atoms with Crippen LogP contribution in [0.3, 0.4) is 0 Å². The molecule has 14 aromatic carbocycles. The summed E-state index contributed by atoms with van der Waals surface area (Å²) in [5, 5.41) is 68.4. The van der Waals surface area contributed by atoms with Gasteiger partial charge in [-0.15, -0.1) is 0 Å². The quantitative estimate of drug-likeness (QED) is 0.0699. The second-order valence-electron chi connectivity index (χ2n) is 39.0. The summed E-state index contributed by atoms with van der Waals surface area (Å²) in [6, 6.07) is 54.1. The number of aryl methyl sites for hydroxylation is 9. The number of benzene rings is 14. The lowest BCUT2D eigenvalue weighted by Crippen LogP contribution is -2.53. The minimum Gasteiger partial charge on any atom is -0.508 e. The summed E-state index contributed by atoms with van der Waals surface area (Å²) in [6.07, 6.45) is 1.89. The average molecular weight is 1930 g/mol. The summed E-state index contributed by atoms with van der Waals surface area (Å²) in [7, 11) is 0. The van der Waals surface area contributed by atoms with Crippen molar-refractivity contribution in [3.63, 3.8) is 0 Å². The molecule has 0 radical (unpaired) electrons. The van der Waals surface area contributed by atoms with Gasteiger partial charge in [-0.2, -0.15) is 0 Å². The fourth-order valence-electron chi connectivity index (χ4n) is 19.7. The molecule has 4 fully saturated rings. The molecular weight excluding hydrogens is 1830 g/mol. The molecule has 1 aliphatic carbocycles. The van der Waals surface area contributed by atoms with E-state index in [4.69, 9.17) is 70.6 Å². The van der Waals surface area contributed by atoms with Gasteiger partial charge in [0.25, 0.3) is 0 Å². The molecule has 0 atom stereocenters. The third-order valence-corrected chi connectivity index (χ3v) is 28.4. The molecule has 11 aliphatic rings. The van der Waals surface area contributed by atoms with Crippen molar-refractivity contribution in [3.8, 4) is 158 Å². The summed E-state index contributed by atoms with van der Waals surface area (Å²) in [5.41, 5.74) is 22.6. The zero-order valence-electron chi connectivity index (χ0n) is 78.9. The van der Waals surface area contributed by atoms with Gasteiger partial charge in [0.2, 0.25) is 0 Å². The van der Waals surface area contributed by atoms with Gasteiger partial charge in [-0.1, -0.05) is 77.3 Å². The van der Waals surface area contributed by atoms with Crippen molar-refractivity contribution < 1.29 is 109 Å². The first-order chi connectivity index (χ1) is 65.7. The number of aromatic hydroxyl groups is 7. The number of phenolic OH excluding ortho intramolecular Hbond substituents is 7. The molecule has 0 unspecified atom stereocenters. The standard InChI is InChI=1S/C17H17FO2.C17H16O3.C16H14ClFO2.C16H13ClO3.C16H14F2O2.C16H13FO3.C16H13FO2/c1-9-5-12-13(6-10(9)2)17(3,4)20-15-8-11(19)7-14(18)16(12)15;1-10-5-14-13-4-3-12(18)7-16(13)20-17(8-19-9-17)15(14)6-11(10)2;1-8-4-11-10(7-12(8)17)15-13(18)5-9(19)6-14(15)20-16(11,2)3;1-9-4-13-12(6-14(9)17)11-3-2-10(18)5-15(11)20-16(13)7-19-8-16;1-8-4-11-10(7-12(8)17)15-13(18)5-9(19)6-14(15)20-16(11,2)3;1-9-4-13-12(6-14(9)17)11-3-2-10(18)5-15(11)20-16(13)7-19-8-16;1-9-2-3-11-12(6-9)16(4-5-16)19-14-8-10(18)7-13(17)15(11)14/h5-8,19H,1-4H3;3-7,18H,8-9H2,1-2H3;4-7,19H,1-3H3;2-6,18H,7-8H2,1H3;4-7,19H,1-3H3;2-6,18H,7-8H2,1H3;2-3,6-8,18H,4-5H2,1H3. The molecule has 0 bridgehead atoms. The number of hydrogen-bond donors (Lipinski definition) is 7. The number of rotatable bonds is 0. The molecule has 139 heavy (non-hydrogen) atoms. The fraction of sp³-hybridized carbons (Fsp3) is 0.263. The molecule has 714 valence electrons. The second-order valence-corrected chi connectivity index (χ2v) is 39.9. The van der Waals surface area contributed by atoms with E-state index in [1.165, 1.54) is 52.6 Å². The lowest BCUT2D eigenvalue weighted by Gasteiger charge is -2.46. The van der Waals surface area contributed by atoms with Gasteiger partial charge in [0.05, 0.1) is 61.9 Å². The van der Waals surface area contributed by atoms with Crippen LogP contribution in [0.5, 0.6) is 80.5 Å². The van der Waals surface area contributed by atoms with Gasteiger partial charge in [-0.3, -0.25) is 0 Å². The fourth-order valence-corrected chi connectivity index (χ4v) is 20.0. The topological polar surface area (TPSA) is 234 Å². The van der Waals surface area contributed by atoms with Crippen LogP contribution < -0.4 is 33.2 Å². The molecule has 17 nitrogen and oxygen atoms in total. The van der Waals surface area contributed by atoms with E-state index < -0.39 is 51.3 Å². The van der Waals surface area contributed by atoms with Crippen LogP contribution in [0.1, 0.15) is 143 Å². The van der Waals surface area contributed by atoms with E-state index in [1.54, 1.807) is 74.5 Å². The normalized spacial score (nSPS) is 16.7. The highest BCUT2D eigenvalue weighted by Gasteiger charge is 2.54. The lowest BCUT2D eigenvalue weighted by molar-refractivity contribution is -0.169. The maximum absolute atomic E-state index is 14.3. The Morgan fingerprint density at radius 1 is 0.223 bits per heavy atom. The SMILES string of the molecule is Cc1cc2c(cc1C)C(C)(C)Oc1cc(O)cc(F)c1-2.Cc1cc2c(cc1C)C1(COC1)Oc1cc(O)ccc1-2.Cc1cc2c(cc1Cl)-c1c(F)cc(O)cc1OC2(C)C.Cc1cc2c(cc1Cl)-c1ccc(O)cc1OC21COC1.Cc1cc2c(cc1F)-c1c(F)cc(O)cc1OC2(C)C.Cc1cc2c(cc1F)-c1ccc(O)cc1OC21COC1.Cc1ccc2c(c1)C1(CC1)Oc1cc(O)cc(F)c1-2. The number of hydrogen-bond acceptors (Lipinski definition) is 17. The largest absolute Gasteiger partial charge is 0.508 e. The van der Waals surface area contributed by atoms with Gasteiger partial charge >= 0.3 is 0 Å². The minimum atomic E-state index is -0.721. The van der Waals surface area contributed by atoms with Crippen LogP contribution in [0.2, 0.25) is 10.0 Å². The van der Waals surface area contributed by atoms with E-state index in [1.807, 2.05) is 125 Å². The van der Waals surface area contributed by atoms with Crippen molar-refractivity contribution in [2.24, 2.45) is 0 Å². The predicted octanol–water partition coefficient (Wildman–Crippen LogP) is 27.4. The van der Waals surface area contributed by atoms with Crippen LogP contribution in [0.4, 0.5) is 26.3 Å². The Labute approximate surface area is 809 Å². The van der Waals surface area contributed by atoms with Gasteiger partial charge < -0.3 is 83.1 Å². The number of fused-ring (bicyclic) bond motifs is 25. The van der Waals surface area contributed by atoms with Crippen molar-refractivity contribution in [2.75, 3.05) is 39.6 Å². The summed E-state index contributed by atoms with van der Waals surface area (Å²) in [6.45, 7) is 32.1. The van der Waals surface area contributed by atoms with E-state index in [0.717, 1.165) is 148 Å². The third kappa shape index (κ3) is 16.8. The zero-order valence-corrected chi connectivity index (χ0v) is 80.4. The van der Waals surface area contributed by atoms with Crippen LogP contribution >= 0.6 is 23.2 Å².